The molecule has 8 nitrogen and oxygen atoms in total. The lowest BCUT2D eigenvalue weighted by Gasteiger charge is -2.35. The van der Waals surface area contributed by atoms with Crippen molar-refractivity contribution in [1.82, 2.24) is 14.9 Å². The van der Waals surface area contributed by atoms with Crippen LogP contribution in [0.2, 0.25) is 0 Å². The van der Waals surface area contributed by atoms with Crippen LogP contribution >= 0.6 is 0 Å². The van der Waals surface area contributed by atoms with E-state index in [1.807, 2.05) is 30.0 Å². The van der Waals surface area contributed by atoms with Crippen molar-refractivity contribution >= 4 is 17.3 Å². The molecule has 0 amide bonds. The Labute approximate surface area is 153 Å². The van der Waals surface area contributed by atoms with E-state index in [-0.39, 0.29) is 10.6 Å². The first-order valence-corrected chi connectivity index (χ1v) is 8.93. The lowest BCUT2D eigenvalue weighted by Crippen LogP contribution is -2.46. The van der Waals surface area contributed by atoms with E-state index in [1.54, 1.807) is 0 Å². The van der Waals surface area contributed by atoms with Crippen LogP contribution in [0.15, 0.2) is 36.7 Å². The van der Waals surface area contributed by atoms with Gasteiger partial charge in [0.1, 0.15) is 6.33 Å². The summed E-state index contributed by atoms with van der Waals surface area (Å²) in [6.45, 7) is 6.64. The SMILES string of the molecule is CCCNc1ncnc(N2CCN(Cc3ccccc3)CC2)c1[N+](=O)[O-]. The minimum absolute atomic E-state index is 0.0301. The summed E-state index contributed by atoms with van der Waals surface area (Å²) in [6.07, 6.45) is 2.27. The van der Waals surface area contributed by atoms with Gasteiger partial charge in [0.15, 0.2) is 0 Å². The van der Waals surface area contributed by atoms with Gasteiger partial charge in [0.05, 0.1) is 4.92 Å². The van der Waals surface area contributed by atoms with Gasteiger partial charge in [-0.05, 0) is 12.0 Å². The molecule has 0 atom stereocenters. The third-order valence-corrected chi connectivity index (χ3v) is 4.45. The van der Waals surface area contributed by atoms with Crippen molar-refractivity contribution in [2.75, 3.05) is 42.9 Å². The fraction of sp³-hybridized carbons (Fsp3) is 0.444. The minimum atomic E-state index is -0.385. The Bertz CT molecular complexity index is 732. The van der Waals surface area contributed by atoms with Crippen LogP contribution in [0.3, 0.4) is 0 Å². The maximum absolute atomic E-state index is 11.6. The van der Waals surface area contributed by atoms with Gasteiger partial charge in [-0.2, -0.15) is 0 Å². The summed E-state index contributed by atoms with van der Waals surface area (Å²) in [5.41, 5.74) is 1.25. The molecule has 0 bridgehead atoms. The Morgan fingerprint density at radius 1 is 1.15 bits per heavy atom. The fourth-order valence-corrected chi connectivity index (χ4v) is 3.10. The molecule has 3 rings (SSSR count). The average molecular weight is 356 g/mol. The number of piperazine rings is 1. The molecule has 1 aliphatic heterocycles. The first kappa shape index (κ1) is 18.1. The number of hydrogen-bond acceptors (Lipinski definition) is 7. The van der Waals surface area contributed by atoms with Crippen molar-refractivity contribution in [3.8, 4) is 0 Å². The smallest absolute Gasteiger partial charge is 0.353 e. The number of anilines is 2. The summed E-state index contributed by atoms with van der Waals surface area (Å²) in [5, 5.41) is 14.6. The van der Waals surface area contributed by atoms with Crippen LogP contribution in [0, 0.1) is 10.1 Å². The van der Waals surface area contributed by atoms with Crippen LogP contribution in [0.1, 0.15) is 18.9 Å². The molecule has 0 spiro atoms. The molecule has 1 aromatic carbocycles. The molecule has 0 aliphatic carbocycles. The molecule has 1 aliphatic rings. The van der Waals surface area contributed by atoms with Crippen molar-refractivity contribution < 1.29 is 4.92 Å². The molecule has 1 fully saturated rings. The highest BCUT2D eigenvalue weighted by atomic mass is 16.6. The number of rotatable bonds is 7. The summed E-state index contributed by atoms with van der Waals surface area (Å²) in [4.78, 5) is 23.8. The second-order valence-corrected chi connectivity index (χ2v) is 6.33. The number of benzene rings is 1. The number of hydrogen-bond donors (Lipinski definition) is 1. The lowest BCUT2D eigenvalue weighted by molar-refractivity contribution is -0.383. The topological polar surface area (TPSA) is 87.4 Å². The molecule has 1 aromatic heterocycles. The molecule has 2 aromatic rings. The molecule has 26 heavy (non-hydrogen) atoms. The van der Waals surface area contributed by atoms with Crippen molar-refractivity contribution in [3.63, 3.8) is 0 Å². The second kappa shape index (κ2) is 8.57. The molecule has 1 saturated heterocycles. The zero-order valence-corrected chi connectivity index (χ0v) is 15.0. The highest BCUT2D eigenvalue weighted by Gasteiger charge is 2.29. The zero-order chi connectivity index (χ0) is 18.4. The monoisotopic (exact) mass is 356 g/mol. The van der Waals surface area contributed by atoms with E-state index in [9.17, 15) is 10.1 Å². The predicted octanol–water partition coefficient (Wildman–Crippen LogP) is 2.53. The van der Waals surface area contributed by atoms with Gasteiger partial charge in [0.2, 0.25) is 11.6 Å². The lowest BCUT2D eigenvalue weighted by atomic mass is 10.2. The van der Waals surface area contributed by atoms with E-state index in [2.05, 4.69) is 32.3 Å². The van der Waals surface area contributed by atoms with E-state index in [0.29, 0.717) is 31.3 Å². The maximum Gasteiger partial charge on any atom is 0.353 e. The predicted molar refractivity (Wildman–Crippen MR) is 101 cm³/mol. The van der Waals surface area contributed by atoms with Gasteiger partial charge >= 0.3 is 5.69 Å². The van der Waals surface area contributed by atoms with E-state index in [1.165, 1.54) is 11.9 Å². The van der Waals surface area contributed by atoms with Crippen LogP contribution < -0.4 is 10.2 Å². The molecular weight excluding hydrogens is 332 g/mol. The minimum Gasteiger partial charge on any atom is -0.364 e. The molecular formula is C18H24N6O2. The summed E-state index contributed by atoms with van der Waals surface area (Å²) >= 11 is 0. The number of aromatic nitrogens is 2. The molecule has 0 saturated carbocycles. The van der Waals surface area contributed by atoms with Crippen LogP contribution in [0.4, 0.5) is 17.3 Å². The first-order valence-electron chi connectivity index (χ1n) is 8.93. The van der Waals surface area contributed by atoms with Crippen LogP contribution in [0.5, 0.6) is 0 Å². The summed E-state index contributed by atoms with van der Waals surface area (Å²) in [7, 11) is 0. The van der Waals surface area contributed by atoms with Gasteiger partial charge in [0, 0.05) is 39.3 Å². The van der Waals surface area contributed by atoms with Gasteiger partial charge in [-0.1, -0.05) is 37.3 Å². The summed E-state index contributed by atoms with van der Waals surface area (Å²) in [5.74, 6) is 0.705. The third kappa shape index (κ3) is 4.26. The largest absolute Gasteiger partial charge is 0.364 e. The van der Waals surface area contributed by atoms with Crippen molar-refractivity contribution in [2.45, 2.75) is 19.9 Å². The zero-order valence-electron chi connectivity index (χ0n) is 15.0. The highest BCUT2D eigenvalue weighted by molar-refractivity contribution is 5.70. The second-order valence-electron chi connectivity index (χ2n) is 6.33. The Morgan fingerprint density at radius 2 is 1.88 bits per heavy atom. The molecule has 138 valence electrons. The quantitative estimate of drug-likeness (QED) is 0.602. The number of nitro groups is 1. The van der Waals surface area contributed by atoms with E-state index in [0.717, 1.165) is 26.1 Å². The van der Waals surface area contributed by atoms with Crippen LogP contribution in [-0.4, -0.2) is 52.5 Å². The van der Waals surface area contributed by atoms with Gasteiger partial charge in [-0.15, -0.1) is 0 Å². The van der Waals surface area contributed by atoms with Crippen molar-refractivity contribution in [3.05, 3.63) is 52.3 Å². The molecule has 1 N–H and O–H groups in total. The van der Waals surface area contributed by atoms with Gasteiger partial charge in [-0.25, -0.2) is 9.97 Å². The highest BCUT2D eigenvalue weighted by Crippen LogP contribution is 2.32. The molecule has 8 heteroatoms. The van der Waals surface area contributed by atoms with Gasteiger partial charge in [0.25, 0.3) is 0 Å². The van der Waals surface area contributed by atoms with Crippen molar-refractivity contribution in [2.24, 2.45) is 0 Å². The standard InChI is InChI=1S/C18H24N6O2/c1-2-8-19-17-16(24(25)26)18(21-14-20-17)23-11-9-22(10-12-23)13-15-6-4-3-5-7-15/h3-7,14H,2,8-13H2,1H3,(H,19,20,21). The summed E-state index contributed by atoms with van der Waals surface area (Å²) in [6, 6.07) is 10.3. The van der Waals surface area contributed by atoms with Gasteiger partial charge < -0.3 is 10.2 Å². The van der Waals surface area contributed by atoms with E-state index >= 15 is 0 Å². The Kier molecular flexibility index (Phi) is 5.96. The number of nitrogens with zero attached hydrogens (tertiary/aromatic N) is 5. The van der Waals surface area contributed by atoms with E-state index < -0.39 is 0 Å². The summed E-state index contributed by atoms with van der Waals surface area (Å²) < 4.78 is 0. The molecule has 2 heterocycles. The average Bonchev–Trinajstić information content (AvgIpc) is 2.67. The normalized spacial score (nSPS) is 15.0. The maximum atomic E-state index is 11.6. The third-order valence-electron chi connectivity index (χ3n) is 4.45. The molecule has 0 radical (unpaired) electrons. The van der Waals surface area contributed by atoms with E-state index in [4.69, 9.17) is 0 Å². The number of nitrogens with one attached hydrogen (secondary N) is 1. The van der Waals surface area contributed by atoms with Crippen LogP contribution in [-0.2, 0) is 6.54 Å². The Balaban J connectivity index is 1.69. The first-order chi connectivity index (χ1) is 12.7. The van der Waals surface area contributed by atoms with Crippen molar-refractivity contribution in [1.29, 1.82) is 0 Å². The fourth-order valence-electron chi connectivity index (χ4n) is 3.10. The Hall–Kier alpha value is -2.74. The Morgan fingerprint density at radius 3 is 2.54 bits per heavy atom. The molecule has 0 unspecified atom stereocenters. The van der Waals surface area contributed by atoms with Gasteiger partial charge in [-0.3, -0.25) is 15.0 Å². The van der Waals surface area contributed by atoms with Crippen LogP contribution in [0.25, 0.3) is 0 Å².